The van der Waals surface area contributed by atoms with Crippen LogP contribution in [0.15, 0.2) is 30.3 Å². The number of nitrogens with one attached hydrogen (secondary N) is 2. The maximum Gasteiger partial charge on any atom is 0.412 e. The number of carboxylic acid groups (broad SMARTS) is 1. The highest BCUT2D eigenvalue weighted by Gasteiger charge is 2.38. The minimum absolute atomic E-state index is 0.0491. The molecule has 9 nitrogen and oxygen atoms in total. The summed E-state index contributed by atoms with van der Waals surface area (Å²) in [6.07, 6.45) is -0.433. The van der Waals surface area contributed by atoms with E-state index in [0.717, 1.165) is 5.56 Å². The maximum atomic E-state index is 12.7. The summed E-state index contributed by atoms with van der Waals surface area (Å²) in [5, 5.41) is 13.4. The molecular formula is C19H28N2O7P+. The van der Waals surface area contributed by atoms with E-state index in [4.69, 9.17) is 14.6 Å². The zero-order valence-corrected chi connectivity index (χ0v) is 17.7. The fourth-order valence-electron chi connectivity index (χ4n) is 2.57. The molecule has 0 aliphatic carbocycles. The number of methoxy groups -OCH3 is 1. The average Bonchev–Trinajstić information content (AvgIpc) is 2.68. The molecule has 0 bridgehead atoms. The number of hydrogen-bond acceptors (Lipinski definition) is 6. The number of amides is 2. The van der Waals surface area contributed by atoms with Gasteiger partial charge in [0.1, 0.15) is 13.2 Å². The lowest BCUT2D eigenvalue weighted by Crippen LogP contribution is -2.38. The van der Waals surface area contributed by atoms with Crippen LogP contribution in [-0.4, -0.2) is 48.9 Å². The van der Waals surface area contributed by atoms with Crippen molar-refractivity contribution in [2.24, 2.45) is 11.8 Å². The number of hydrogen-bond donors (Lipinski definition) is 3. The van der Waals surface area contributed by atoms with Crippen molar-refractivity contribution in [3.05, 3.63) is 35.9 Å². The Kier molecular flexibility index (Phi) is 10.9. The van der Waals surface area contributed by atoms with E-state index >= 15 is 0 Å². The van der Waals surface area contributed by atoms with E-state index in [0.29, 0.717) is 6.42 Å². The predicted molar refractivity (Wildman–Crippen MR) is 107 cm³/mol. The van der Waals surface area contributed by atoms with E-state index in [1.54, 1.807) is 12.1 Å². The van der Waals surface area contributed by atoms with E-state index < -0.39 is 44.2 Å². The minimum atomic E-state index is -2.16. The van der Waals surface area contributed by atoms with Crippen molar-refractivity contribution in [3.8, 4) is 0 Å². The first kappa shape index (κ1) is 24.5. The summed E-state index contributed by atoms with van der Waals surface area (Å²) in [6, 6.07) is 9.07. The molecule has 0 aromatic heterocycles. The van der Waals surface area contributed by atoms with Gasteiger partial charge < -0.3 is 19.9 Å². The molecule has 3 atom stereocenters. The van der Waals surface area contributed by atoms with Gasteiger partial charge in [0, 0.05) is 7.11 Å². The highest BCUT2D eigenvalue weighted by molar-refractivity contribution is 7.45. The maximum absolute atomic E-state index is 12.7. The van der Waals surface area contributed by atoms with Crippen molar-refractivity contribution < 1.29 is 33.5 Å². The molecule has 29 heavy (non-hydrogen) atoms. The van der Waals surface area contributed by atoms with Gasteiger partial charge in [-0.05, 0) is 17.9 Å². The molecule has 0 saturated heterocycles. The highest BCUT2D eigenvalue weighted by Crippen LogP contribution is 2.32. The normalized spacial score (nSPS) is 13.3. The monoisotopic (exact) mass is 427 g/mol. The molecular weight excluding hydrogens is 399 g/mol. The smallest absolute Gasteiger partial charge is 0.412 e. The van der Waals surface area contributed by atoms with Crippen LogP contribution in [-0.2, 0) is 30.2 Å². The topological polar surface area (TPSA) is 131 Å². The summed E-state index contributed by atoms with van der Waals surface area (Å²) in [4.78, 5) is 34.9. The van der Waals surface area contributed by atoms with Crippen LogP contribution >= 0.6 is 7.80 Å². The van der Waals surface area contributed by atoms with Crippen LogP contribution in [0.1, 0.15) is 25.8 Å². The third kappa shape index (κ3) is 10.0. The molecule has 0 spiro atoms. The first-order chi connectivity index (χ1) is 13.7. The van der Waals surface area contributed by atoms with Crippen LogP contribution in [0.3, 0.4) is 0 Å². The van der Waals surface area contributed by atoms with Crippen molar-refractivity contribution in [2.75, 3.05) is 19.8 Å². The number of aliphatic carboxylic acids is 1. The molecule has 0 heterocycles. The van der Waals surface area contributed by atoms with E-state index in [1.807, 2.05) is 32.0 Å². The van der Waals surface area contributed by atoms with Gasteiger partial charge in [0.25, 0.3) is 0 Å². The van der Waals surface area contributed by atoms with Gasteiger partial charge in [-0.3, -0.25) is 14.9 Å². The van der Waals surface area contributed by atoms with Crippen molar-refractivity contribution in [1.29, 1.82) is 0 Å². The number of carbonyl (C=O) groups is 3. The summed E-state index contributed by atoms with van der Waals surface area (Å²) in [5.41, 5.74) is 0.799. The molecule has 3 N–H and O–H groups in total. The molecule has 0 aliphatic heterocycles. The summed E-state index contributed by atoms with van der Waals surface area (Å²) in [5.74, 6) is -3.33. The van der Waals surface area contributed by atoms with Crippen LogP contribution in [0.4, 0.5) is 4.79 Å². The first-order valence-electron chi connectivity index (χ1n) is 9.16. The zero-order valence-electron chi connectivity index (χ0n) is 16.8. The second kappa shape index (κ2) is 12.9. The second-order valence-electron chi connectivity index (χ2n) is 6.83. The summed E-state index contributed by atoms with van der Waals surface area (Å²) in [7, 11) is -0.873. The van der Waals surface area contributed by atoms with Gasteiger partial charge in [0.05, 0.1) is 5.92 Å². The van der Waals surface area contributed by atoms with E-state index in [-0.39, 0.29) is 18.7 Å². The lowest BCUT2D eigenvalue weighted by molar-refractivity contribution is -0.138. The Hall–Kier alpha value is -2.51. The van der Waals surface area contributed by atoms with Gasteiger partial charge in [-0.1, -0.05) is 48.7 Å². The number of benzene rings is 1. The van der Waals surface area contributed by atoms with Gasteiger partial charge in [-0.2, -0.15) is 0 Å². The molecule has 10 heteroatoms. The highest BCUT2D eigenvalue weighted by atomic mass is 31.1. The predicted octanol–water partition coefficient (Wildman–Crippen LogP) is 2.53. The Bertz CT molecular complexity index is 697. The van der Waals surface area contributed by atoms with Gasteiger partial charge in [0.15, 0.2) is 6.16 Å². The van der Waals surface area contributed by atoms with E-state index in [9.17, 15) is 18.9 Å². The van der Waals surface area contributed by atoms with Gasteiger partial charge in [-0.25, -0.2) is 4.79 Å². The van der Waals surface area contributed by atoms with Crippen LogP contribution in [0.25, 0.3) is 0 Å². The summed E-state index contributed by atoms with van der Waals surface area (Å²) >= 11 is 0. The van der Waals surface area contributed by atoms with Gasteiger partial charge >= 0.3 is 25.8 Å². The van der Waals surface area contributed by atoms with Crippen molar-refractivity contribution in [3.63, 3.8) is 0 Å². The Balaban J connectivity index is 2.63. The van der Waals surface area contributed by atoms with Crippen molar-refractivity contribution in [2.45, 2.75) is 32.8 Å². The molecule has 1 rings (SSSR count). The number of ether oxygens (including phenoxy) is 2. The summed E-state index contributed by atoms with van der Waals surface area (Å²) < 4.78 is 22.9. The Morgan fingerprint density at radius 3 is 2.38 bits per heavy atom. The van der Waals surface area contributed by atoms with Crippen LogP contribution in [0.5, 0.6) is 0 Å². The number of rotatable bonds is 12. The third-order valence-corrected chi connectivity index (χ3v) is 5.54. The van der Waals surface area contributed by atoms with E-state index in [2.05, 4.69) is 10.6 Å². The molecule has 2 amide bonds. The number of carbonyl (C=O) groups excluding carboxylic acids is 2. The standard InChI is InChI=1S/C19H27N2O7P/c1-13(2)9-15(17(24)20-10-16(22)23)12-29(26)19(27-3)21-18(25)28-11-14-7-5-4-6-8-14/h4-8,13,15,19H,9-12H2,1-3H3,(H2-,20,21,22,23,24,25)/p+1. The van der Waals surface area contributed by atoms with Crippen molar-refractivity contribution in [1.82, 2.24) is 10.6 Å². The average molecular weight is 427 g/mol. The lowest BCUT2D eigenvalue weighted by atomic mass is 9.98. The molecule has 3 unspecified atom stereocenters. The lowest BCUT2D eigenvalue weighted by Gasteiger charge is -2.16. The Morgan fingerprint density at radius 2 is 1.83 bits per heavy atom. The summed E-state index contributed by atoms with van der Waals surface area (Å²) in [6.45, 7) is 3.34. The van der Waals surface area contributed by atoms with Gasteiger partial charge in [-0.15, -0.1) is 0 Å². The molecule has 160 valence electrons. The SMILES string of the molecule is COC(NC(=O)OCc1ccccc1)[P+](=O)CC(CC(C)C)C(=O)NCC(=O)O. The quantitative estimate of drug-likeness (QED) is 0.345. The molecule has 0 aliphatic rings. The van der Waals surface area contributed by atoms with Crippen LogP contribution in [0.2, 0.25) is 0 Å². The van der Waals surface area contributed by atoms with Crippen LogP contribution in [0, 0.1) is 11.8 Å². The third-order valence-electron chi connectivity index (χ3n) is 3.88. The fourth-order valence-corrected chi connectivity index (χ4v) is 3.99. The molecule has 1 aromatic rings. The molecule has 1 aromatic carbocycles. The second-order valence-corrected chi connectivity index (χ2v) is 8.50. The molecule has 0 radical (unpaired) electrons. The fraction of sp³-hybridized carbons (Fsp3) is 0.526. The largest absolute Gasteiger partial charge is 0.480 e. The van der Waals surface area contributed by atoms with Crippen molar-refractivity contribution >= 4 is 25.8 Å². The zero-order chi connectivity index (χ0) is 21.8. The van der Waals surface area contributed by atoms with E-state index in [1.165, 1.54) is 7.11 Å². The Labute approximate surface area is 170 Å². The van der Waals surface area contributed by atoms with Gasteiger partial charge in [0.2, 0.25) is 5.91 Å². The number of carboxylic acids is 1. The van der Waals surface area contributed by atoms with Crippen LogP contribution < -0.4 is 10.6 Å². The first-order valence-corrected chi connectivity index (χ1v) is 10.7. The minimum Gasteiger partial charge on any atom is -0.480 e. The number of alkyl carbamates (subject to hydrolysis) is 1. The molecule has 0 saturated carbocycles. The molecule has 0 fully saturated rings. The Morgan fingerprint density at radius 1 is 1.17 bits per heavy atom.